The summed E-state index contributed by atoms with van der Waals surface area (Å²) in [7, 11) is 0. The van der Waals surface area contributed by atoms with Crippen LogP contribution in [0.2, 0.25) is 5.02 Å². The van der Waals surface area contributed by atoms with Crippen LogP contribution in [0.4, 0.5) is 5.69 Å². The number of anilines is 1. The van der Waals surface area contributed by atoms with Crippen LogP contribution in [-0.4, -0.2) is 19.1 Å². The third-order valence-electron chi connectivity index (χ3n) is 4.70. The van der Waals surface area contributed by atoms with Gasteiger partial charge in [0.2, 0.25) is 0 Å². The summed E-state index contributed by atoms with van der Waals surface area (Å²) < 4.78 is 0. The average molecular weight is 279 g/mol. The number of nitrogens with one attached hydrogen (secondary N) is 1. The molecule has 1 saturated carbocycles. The van der Waals surface area contributed by atoms with E-state index in [0.29, 0.717) is 6.04 Å². The largest absolute Gasteiger partial charge is 0.367 e. The lowest BCUT2D eigenvalue weighted by Gasteiger charge is -2.30. The number of fused-ring (bicyclic) bond motifs is 2. The van der Waals surface area contributed by atoms with Gasteiger partial charge in [-0.05, 0) is 56.3 Å². The highest BCUT2D eigenvalue weighted by molar-refractivity contribution is 6.33. The molecule has 1 heterocycles. The van der Waals surface area contributed by atoms with E-state index in [9.17, 15) is 0 Å². The van der Waals surface area contributed by atoms with Crippen molar-refractivity contribution in [3.63, 3.8) is 0 Å². The second kappa shape index (κ2) is 5.34. The lowest BCUT2D eigenvalue weighted by atomic mass is 10.1. The van der Waals surface area contributed by atoms with Gasteiger partial charge in [-0.15, -0.1) is 0 Å². The fraction of sp³-hybridized carbons (Fsp3) is 0.625. The van der Waals surface area contributed by atoms with Gasteiger partial charge in [0.05, 0.1) is 10.7 Å². The van der Waals surface area contributed by atoms with Crippen LogP contribution >= 0.6 is 11.6 Å². The number of hydrogen-bond acceptors (Lipinski definition) is 2. The van der Waals surface area contributed by atoms with Gasteiger partial charge < -0.3 is 10.2 Å². The Bertz CT molecular complexity index is 460. The van der Waals surface area contributed by atoms with Gasteiger partial charge in [0.15, 0.2) is 0 Å². The Morgan fingerprint density at radius 2 is 2.26 bits per heavy atom. The van der Waals surface area contributed by atoms with Gasteiger partial charge in [-0.25, -0.2) is 0 Å². The third kappa shape index (κ3) is 2.48. The number of piperidine rings is 1. The van der Waals surface area contributed by atoms with E-state index >= 15 is 0 Å². The SMILES string of the molecule is CCNC(C)c1ccc(N2CC3CCC2C3)c(Cl)c1. The van der Waals surface area contributed by atoms with Gasteiger partial charge in [-0.3, -0.25) is 0 Å². The third-order valence-corrected chi connectivity index (χ3v) is 5.00. The molecular weight excluding hydrogens is 256 g/mol. The molecule has 3 atom stereocenters. The highest BCUT2D eigenvalue weighted by atomic mass is 35.5. The summed E-state index contributed by atoms with van der Waals surface area (Å²) in [6.07, 6.45) is 4.12. The molecule has 1 aliphatic heterocycles. The Labute approximate surface area is 121 Å². The van der Waals surface area contributed by atoms with Gasteiger partial charge >= 0.3 is 0 Å². The smallest absolute Gasteiger partial charge is 0.0642 e. The molecule has 0 aromatic heterocycles. The molecule has 3 rings (SSSR count). The highest BCUT2D eigenvalue weighted by Gasteiger charge is 2.38. The zero-order chi connectivity index (χ0) is 13.4. The summed E-state index contributed by atoms with van der Waals surface area (Å²) in [5.41, 5.74) is 2.52. The second-order valence-corrected chi connectivity index (χ2v) is 6.38. The Hall–Kier alpha value is -0.730. The van der Waals surface area contributed by atoms with Crippen LogP contribution in [0.5, 0.6) is 0 Å². The molecule has 2 fully saturated rings. The quantitative estimate of drug-likeness (QED) is 0.896. The number of benzene rings is 1. The molecule has 0 amide bonds. The summed E-state index contributed by atoms with van der Waals surface area (Å²) in [4.78, 5) is 2.53. The minimum Gasteiger partial charge on any atom is -0.367 e. The molecule has 2 bridgehead atoms. The van der Waals surface area contributed by atoms with Crippen molar-refractivity contribution in [1.29, 1.82) is 0 Å². The molecular formula is C16H23ClN2. The normalized spacial score (nSPS) is 27.0. The Morgan fingerprint density at radius 1 is 1.42 bits per heavy atom. The van der Waals surface area contributed by atoms with Crippen molar-refractivity contribution in [3.8, 4) is 0 Å². The summed E-state index contributed by atoms with van der Waals surface area (Å²) in [5, 5.41) is 4.34. The van der Waals surface area contributed by atoms with E-state index in [-0.39, 0.29) is 0 Å². The van der Waals surface area contributed by atoms with Crippen LogP contribution in [0, 0.1) is 5.92 Å². The van der Waals surface area contributed by atoms with Crippen molar-refractivity contribution in [2.45, 2.75) is 45.2 Å². The van der Waals surface area contributed by atoms with Crippen LogP contribution in [0.15, 0.2) is 18.2 Å². The van der Waals surface area contributed by atoms with Crippen LogP contribution in [0.1, 0.15) is 44.7 Å². The van der Waals surface area contributed by atoms with Crippen molar-refractivity contribution < 1.29 is 0 Å². The van der Waals surface area contributed by atoms with Gasteiger partial charge in [-0.1, -0.05) is 24.6 Å². The predicted molar refractivity (Wildman–Crippen MR) is 82.0 cm³/mol. The minimum absolute atomic E-state index is 0.367. The highest BCUT2D eigenvalue weighted by Crippen LogP contribution is 2.42. The van der Waals surface area contributed by atoms with Crippen LogP contribution in [-0.2, 0) is 0 Å². The monoisotopic (exact) mass is 278 g/mol. The van der Waals surface area contributed by atoms with Crippen LogP contribution < -0.4 is 10.2 Å². The summed E-state index contributed by atoms with van der Waals surface area (Å²) >= 11 is 6.52. The molecule has 0 spiro atoms. The maximum atomic E-state index is 6.52. The van der Waals surface area contributed by atoms with Gasteiger partial charge in [-0.2, -0.15) is 0 Å². The van der Waals surface area contributed by atoms with Gasteiger partial charge in [0.1, 0.15) is 0 Å². The van der Waals surface area contributed by atoms with E-state index in [1.54, 1.807) is 0 Å². The molecule has 1 aromatic rings. The Kier molecular flexibility index (Phi) is 3.72. The van der Waals surface area contributed by atoms with E-state index in [1.165, 1.54) is 37.1 Å². The first kappa shape index (κ1) is 13.3. The van der Waals surface area contributed by atoms with E-state index in [2.05, 4.69) is 42.3 Å². The van der Waals surface area contributed by atoms with E-state index in [1.807, 2.05) is 0 Å². The predicted octanol–water partition coefficient (Wildman–Crippen LogP) is 4.00. The molecule has 0 radical (unpaired) electrons. The fourth-order valence-corrected chi connectivity index (χ4v) is 3.97. The number of hydrogen-bond donors (Lipinski definition) is 1. The lowest BCUT2D eigenvalue weighted by Crippen LogP contribution is -2.32. The molecule has 19 heavy (non-hydrogen) atoms. The minimum atomic E-state index is 0.367. The lowest BCUT2D eigenvalue weighted by molar-refractivity contribution is 0.553. The number of halogens is 1. The van der Waals surface area contributed by atoms with Gasteiger partial charge in [0.25, 0.3) is 0 Å². The fourth-order valence-electron chi connectivity index (χ4n) is 3.67. The Balaban J connectivity index is 1.80. The first-order chi connectivity index (χ1) is 9.19. The van der Waals surface area contributed by atoms with Gasteiger partial charge in [0, 0.05) is 18.6 Å². The maximum Gasteiger partial charge on any atom is 0.0642 e. The van der Waals surface area contributed by atoms with Crippen molar-refractivity contribution in [2.75, 3.05) is 18.0 Å². The molecule has 3 heteroatoms. The first-order valence-corrected chi connectivity index (χ1v) is 7.86. The first-order valence-electron chi connectivity index (χ1n) is 7.48. The average Bonchev–Trinajstić information content (AvgIpc) is 3.01. The molecule has 1 aliphatic carbocycles. The van der Waals surface area contributed by atoms with Crippen molar-refractivity contribution in [2.24, 2.45) is 5.92 Å². The second-order valence-electron chi connectivity index (χ2n) is 5.98. The topological polar surface area (TPSA) is 15.3 Å². The molecule has 2 aliphatic rings. The summed E-state index contributed by atoms with van der Waals surface area (Å²) in [5.74, 6) is 0.904. The Morgan fingerprint density at radius 3 is 2.84 bits per heavy atom. The summed E-state index contributed by atoms with van der Waals surface area (Å²) in [6, 6.07) is 7.68. The van der Waals surface area contributed by atoms with E-state index < -0.39 is 0 Å². The number of nitrogens with zero attached hydrogens (tertiary/aromatic N) is 1. The van der Waals surface area contributed by atoms with Crippen molar-refractivity contribution in [1.82, 2.24) is 5.32 Å². The molecule has 1 saturated heterocycles. The molecule has 1 N–H and O–H groups in total. The zero-order valence-electron chi connectivity index (χ0n) is 11.8. The van der Waals surface area contributed by atoms with Crippen LogP contribution in [0.25, 0.3) is 0 Å². The molecule has 2 nitrogen and oxygen atoms in total. The van der Waals surface area contributed by atoms with Crippen molar-refractivity contribution >= 4 is 17.3 Å². The molecule has 104 valence electrons. The van der Waals surface area contributed by atoms with E-state index in [0.717, 1.165) is 23.5 Å². The maximum absolute atomic E-state index is 6.52. The van der Waals surface area contributed by atoms with Crippen molar-refractivity contribution in [3.05, 3.63) is 28.8 Å². The summed E-state index contributed by atoms with van der Waals surface area (Å²) in [6.45, 7) is 6.50. The molecule has 1 aromatic carbocycles. The molecule has 3 unspecified atom stereocenters. The standard InChI is InChI=1S/C16H23ClN2/c1-3-18-11(2)13-5-7-16(15(17)9-13)19-10-12-4-6-14(19)8-12/h5,7,9,11-12,14,18H,3-4,6,8,10H2,1-2H3. The van der Waals surface area contributed by atoms with E-state index in [4.69, 9.17) is 11.6 Å². The zero-order valence-corrected chi connectivity index (χ0v) is 12.6. The van der Waals surface area contributed by atoms with Crippen LogP contribution in [0.3, 0.4) is 0 Å². The number of rotatable bonds is 4.